The minimum Gasteiger partial charge on any atom is -0.481 e. The fourth-order valence-electron chi connectivity index (χ4n) is 1.21. The summed E-state index contributed by atoms with van der Waals surface area (Å²) < 4.78 is 4.99. The molecule has 0 unspecified atom stereocenters. The fraction of sp³-hybridized carbons (Fsp3) is 0.545. The number of pyridine rings is 1. The van der Waals surface area contributed by atoms with E-state index < -0.39 is 0 Å². The van der Waals surface area contributed by atoms with E-state index in [1.807, 2.05) is 30.1 Å². The molecule has 1 heterocycles. The standard InChI is InChI=1S/C11H18N2OS/c1-14-11-5-4-10(9-13-11)8-12-6-3-7-15-2/h4-5,9,12H,3,6-8H2,1-2H3. The van der Waals surface area contributed by atoms with E-state index in [9.17, 15) is 0 Å². The Morgan fingerprint density at radius 3 is 2.93 bits per heavy atom. The Morgan fingerprint density at radius 1 is 1.47 bits per heavy atom. The van der Waals surface area contributed by atoms with Crippen molar-refractivity contribution in [3.05, 3.63) is 23.9 Å². The first-order chi connectivity index (χ1) is 7.36. The minimum atomic E-state index is 0.668. The van der Waals surface area contributed by atoms with Crippen molar-refractivity contribution in [1.29, 1.82) is 0 Å². The van der Waals surface area contributed by atoms with E-state index in [1.165, 1.54) is 17.7 Å². The molecule has 0 fully saturated rings. The number of nitrogens with one attached hydrogen (secondary N) is 1. The molecular weight excluding hydrogens is 208 g/mol. The maximum absolute atomic E-state index is 4.99. The summed E-state index contributed by atoms with van der Waals surface area (Å²) in [6, 6.07) is 3.92. The SMILES string of the molecule is COc1ccc(CNCCCSC)cn1. The lowest BCUT2D eigenvalue weighted by Gasteiger charge is -2.04. The molecule has 0 aromatic carbocycles. The number of rotatable bonds is 7. The number of hydrogen-bond donors (Lipinski definition) is 1. The van der Waals surface area contributed by atoms with Crippen LogP contribution in [0.4, 0.5) is 0 Å². The molecule has 0 saturated carbocycles. The second-order valence-electron chi connectivity index (χ2n) is 3.23. The predicted molar refractivity (Wildman–Crippen MR) is 65.5 cm³/mol. The highest BCUT2D eigenvalue weighted by molar-refractivity contribution is 7.98. The van der Waals surface area contributed by atoms with Crippen LogP contribution in [0.5, 0.6) is 5.88 Å². The van der Waals surface area contributed by atoms with Gasteiger partial charge in [-0.3, -0.25) is 0 Å². The largest absolute Gasteiger partial charge is 0.481 e. The normalized spacial score (nSPS) is 10.3. The molecule has 1 aromatic rings. The highest BCUT2D eigenvalue weighted by Gasteiger charge is 1.94. The van der Waals surface area contributed by atoms with Gasteiger partial charge in [-0.25, -0.2) is 4.98 Å². The quantitative estimate of drug-likeness (QED) is 0.720. The van der Waals surface area contributed by atoms with Gasteiger partial charge in [-0.15, -0.1) is 0 Å². The Kier molecular flexibility index (Phi) is 6.20. The Balaban J connectivity index is 2.20. The summed E-state index contributed by atoms with van der Waals surface area (Å²) in [4.78, 5) is 4.15. The summed E-state index contributed by atoms with van der Waals surface area (Å²) in [5.74, 6) is 1.88. The van der Waals surface area contributed by atoms with Gasteiger partial charge in [0.1, 0.15) is 0 Å². The molecule has 0 aliphatic carbocycles. The molecule has 0 saturated heterocycles. The Bertz CT molecular complexity index is 264. The predicted octanol–water partition coefficient (Wildman–Crippen LogP) is 1.93. The lowest BCUT2D eigenvalue weighted by atomic mass is 10.3. The maximum Gasteiger partial charge on any atom is 0.212 e. The molecular formula is C11H18N2OS. The molecule has 0 aliphatic heterocycles. The van der Waals surface area contributed by atoms with E-state index in [-0.39, 0.29) is 0 Å². The molecule has 0 bridgehead atoms. The Morgan fingerprint density at radius 2 is 2.33 bits per heavy atom. The van der Waals surface area contributed by atoms with Gasteiger partial charge in [-0.2, -0.15) is 11.8 Å². The van der Waals surface area contributed by atoms with Gasteiger partial charge in [-0.05, 0) is 30.5 Å². The molecule has 0 aliphatic rings. The zero-order chi connectivity index (χ0) is 10.9. The van der Waals surface area contributed by atoms with Gasteiger partial charge in [-0.1, -0.05) is 6.07 Å². The number of methoxy groups -OCH3 is 1. The third kappa shape index (κ3) is 5.04. The molecule has 1 N–H and O–H groups in total. The third-order valence-corrected chi connectivity index (χ3v) is 2.73. The summed E-state index contributed by atoms with van der Waals surface area (Å²) in [7, 11) is 1.63. The zero-order valence-corrected chi connectivity index (χ0v) is 10.1. The number of ether oxygens (including phenoxy) is 1. The highest BCUT2D eigenvalue weighted by atomic mass is 32.2. The van der Waals surface area contributed by atoms with Crippen molar-refractivity contribution >= 4 is 11.8 Å². The van der Waals surface area contributed by atoms with E-state index in [0.29, 0.717) is 5.88 Å². The summed E-state index contributed by atoms with van der Waals surface area (Å²) in [6.07, 6.45) is 5.19. The van der Waals surface area contributed by atoms with E-state index >= 15 is 0 Å². The zero-order valence-electron chi connectivity index (χ0n) is 9.32. The first kappa shape index (κ1) is 12.3. The minimum absolute atomic E-state index is 0.668. The maximum atomic E-state index is 4.99. The summed E-state index contributed by atoms with van der Waals surface area (Å²) >= 11 is 1.88. The first-order valence-electron chi connectivity index (χ1n) is 5.05. The lowest BCUT2D eigenvalue weighted by Crippen LogP contribution is -2.15. The van der Waals surface area contributed by atoms with E-state index in [1.54, 1.807) is 7.11 Å². The van der Waals surface area contributed by atoms with E-state index in [2.05, 4.69) is 16.6 Å². The second-order valence-corrected chi connectivity index (χ2v) is 4.22. The lowest BCUT2D eigenvalue weighted by molar-refractivity contribution is 0.397. The third-order valence-electron chi connectivity index (χ3n) is 2.04. The van der Waals surface area contributed by atoms with Crippen LogP contribution >= 0.6 is 11.8 Å². The van der Waals surface area contributed by atoms with Gasteiger partial charge in [0, 0.05) is 18.8 Å². The van der Waals surface area contributed by atoms with Crippen molar-refractivity contribution in [2.24, 2.45) is 0 Å². The van der Waals surface area contributed by atoms with Gasteiger partial charge < -0.3 is 10.1 Å². The number of aromatic nitrogens is 1. The first-order valence-corrected chi connectivity index (χ1v) is 6.44. The Labute approximate surface area is 95.6 Å². The number of nitrogens with zero attached hydrogens (tertiary/aromatic N) is 1. The van der Waals surface area contributed by atoms with Gasteiger partial charge in [0.05, 0.1) is 7.11 Å². The van der Waals surface area contributed by atoms with Gasteiger partial charge in [0.25, 0.3) is 0 Å². The van der Waals surface area contributed by atoms with Gasteiger partial charge >= 0.3 is 0 Å². The fourth-order valence-corrected chi connectivity index (χ4v) is 1.64. The summed E-state index contributed by atoms with van der Waals surface area (Å²) in [5.41, 5.74) is 1.19. The molecule has 1 rings (SSSR count). The number of thioether (sulfide) groups is 1. The molecule has 15 heavy (non-hydrogen) atoms. The molecule has 0 spiro atoms. The molecule has 0 amide bonds. The molecule has 0 atom stereocenters. The molecule has 3 nitrogen and oxygen atoms in total. The molecule has 4 heteroatoms. The topological polar surface area (TPSA) is 34.1 Å². The average molecular weight is 226 g/mol. The second kappa shape index (κ2) is 7.54. The van der Waals surface area contributed by atoms with Crippen molar-refractivity contribution < 1.29 is 4.74 Å². The van der Waals surface area contributed by atoms with Gasteiger partial charge in [0.2, 0.25) is 5.88 Å². The van der Waals surface area contributed by atoms with Crippen LogP contribution in [0.1, 0.15) is 12.0 Å². The van der Waals surface area contributed by atoms with Gasteiger partial charge in [0.15, 0.2) is 0 Å². The highest BCUT2D eigenvalue weighted by Crippen LogP contribution is 2.06. The Hall–Kier alpha value is -0.740. The molecule has 1 aromatic heterocycles. The smallest absolute Gasteiger partial charge is 0.212 e. The summed E-state index contributed by atoms with van der Waals surface area (Å²) in [6.45, 7) is 1.94. The van der Waals surface area contributed by atoms with Crippen LogP contribution in [0.2, 0.25) is 0 Å². The van der Waals surface area contributed by atoms with Crippen LogP contribution in [-0.4, -0.2) is 30.6 Å². The van der Waals surface area contributed by atoms with E-state index in [4.69, 9.17) is 4.74 Å². The van der Waals surface area contributed by atoms with Crippen LogP contribution in [0.3, 0.4) is 0 Å². The van der Waals surface area contributed by atoms with Crippen LogP contribution in [0, 0.1) is 0 Å². The van der Waals surface area contributed by atoms with Crippen LogP contribution < -0.4 is 10.1 Å². The molecule has 0 radical (unpaired) electrons. The van der Waals surface area contributed by atoms with Crippen molar-refractivity contribution in [3.8, 4) is 5.88 Å². The van der Waals surface area contributed by atoms with Crippen molar-refractivity contribution in [2.45, 2.75) is 13.0 Å². The monoisotopic (exact) mass is 226 g/mol. The average Bonchev–Trinajstić information content (AvgIpc) is 2.30. The number of hydrogen-bond acceptors (Lipinski definition) is 4. The van der Waals surface area contributed by atoms with Crippen LogP contribution in [-0.2, 0) is 6.54 Å². The van der Waals surface area contributed by atoms with Crippen molar-refractivity contribution in [1.82, 2.24) is 10.3 Å². The summed E-state index contributed by atoms with van der Waals surface area (Å²) in [5, 5.41) is 3.38. The van der Waals surface area contributed by atoms with Crippen molar-refractivity contribution in [2.75, 3.05) is 25.7 Å². The van der Waals surface area contributed by atoms with E-state index in [0.717, 1.165) is 13.1 Å². The molecule has 84 valence electrons. The van der Waals surface area contributed by atoms with Crippen molar-refractivity contribution in [3.63, 3.8) is 0 Å². The van der Waals surface area contributed by atoms with Crippen LogP contribution in [0.15, 0.2) is 18.3 Å². The van der Waals surface area contributed by atoms with Crippen LogP contribution in [0.25, 0.3) is 0 Å².